The number of nitrogens with one attached hydrogen (secondary N) is 1. The van der Waals surface area contributed by atoms with Crippen molar-refractivity contribution >= 4 is 5.69 Å². The Labute approximate surface area is 93.1 Å². The van der Waals surface area contributed by atoms with Crippen molar-refractivity contribution < 1.29 is 4.74 Å². The number of hydrogen-bond acceptors (Lipinski definition) is 4. The van der Waals surface area contributed by atoms with Crippen LogP contribution in [0.2, 0.25) is 0 Å². The Bertz CT molecular complexity index is 520. The van der Waals surface area contributed by atoms with Crippen LogP contribution in [0, 0.1) is 0 Å². The van der Waals surface area contributed by atoms with Gasteiger partial charge in [-0.2, -0.15) is 5.10 Å². The number of anilines is 1. The second-order valence-electron chi connectivity index (χ2n) is 3.73. The number of fused-ring (bicyclic) bond motifs is 1. The van der Waals surface area contributed by atoms with Crippen LogP contribution < -0.4 is 10.1 Å². The van der Waals surface area contributed by atoms with E-state index in [0.29, 0.717) is 12.5 Å². The highest BCUT2D eigenvalue weighted by atomic mass is 16.5. The molecule has 1 aliphatic rings. The highest BCUT2D eigenvalue weighted by Gasteiger charge is 2.12. The first-order chi connectivity index (χ1) is 7.83. The topological polar surface area (TPSA) is 52.0 Å². The van der Waals surface area contributed by atoms with E-state index in [2.05, 4.69) is 15.4 Å². The number of aromatic nitrogens is 3. The number of nitrogens with zero attached hydrogens (tertiary/aromatic N) is 3. The monoisotopic (exact) mass is 216 g/mol. The van der Waals surface area contributed by atoms with Crippen molar-refractivity contribution in [2.75, 3.05) is 18.5 Å². The number of aryl methyl sites for hydroxylation is 1. The maximum absolute atomic E-state index is 5.49. The smallest absolute Gasteiger partial charge is 0.238 e. The van der Waals surface area contributed by atoms with Gasteiger partial charge < -0.3 is 10.1 Å². The lowest BCUT2D eigenvalue weighted by Gasteiger charge is -2.18. The van der Waals surface area contributed by atoms with E-state index in [9.17, 15) is 0 Å². The summed E-state index contributed by atoms with van der Waals surface area (Å²) < 4.78 is 7.25. The van der Waals surface area contributed by atoms with Gasteiger partial charge in [0.25, 0.3) is 0 Å². The van der Waals surface area contributed by atoms with Crippen LogP contribution in [0.15, 0.2) is 24.5 Å². The Morgan fingerprint density at radius 3 is 3.19 bits per heavy atom. The lowest BCUT2D eigenvalue weighted by Crippen LogP contribution is -2.18. The predicted molar refractivity (Wildman–Crippen MR) is 60.4 cm³/mol. The van der Waals surface area contributed by atoms with Gasteiger partial charge in [0.05, 0.1) is 17.6 Å². The SMILES string of the molecule is Cn1cc(-c2ccc3c(n2)OCCN3)cn1. The number of rotatable bonds is 1. The molecule has 0 bridgehead atoms. The fourth-order valence-corrected chi connectivity index (χ4v) is 1.73. The zero-order chi connectivity index (χ0) is 11.0. The van der Waals surface area contributed by atoms with E-state index in [1.54, 1.807) is 10.9 Å². The van der Waals surface area contributed by atoms with Crippen LogP contribution in [0.4, 0.5) is 5.69 Å². The second-order valence-corrected chi connectivity index (χ2v) is 3.73. The highest BCUT2D eigenvalue weighted by molar-refractivity contribution is 5.64. The zero-order valence-corrected chi connectivity index (χ0v) is 8.97. The van der Waals surface area contributed by atoms with Crippen LogP contribution in [0.1, 0.15) is 0 Å². The third-order valence-corrected chi connectivity index (χ3v) is 2.52. The summed E-state index contributed by atoms with van der Waals surface area (Å²) in [5.41, 5.74) is 2.84. The maximum Gasteiger partial charge on any atom is 0.238 e. The van der Waals surface area contributed by atoms with Crippen LogP contribution in [-0.4, -0.2) is 27.9 Å². The van der Waals surface area contributed by atoms with Crippen molar-refractivity contribution in [2.24, 2.45) is 7.05 Å². The maximum atomic E-state index is 5.49. The summed E-state index contributed by atoms with van der Waals surface area (Å²) in [6.07, 6.45) is 3.73. The quantitative estimate of drug-likeness (QED) is 0.780. The third kappa shape index (κ3) is 1.50. The van der Waals surface area contributed by atoms with Crippen LogP contribution in [0.3, 0.4) is 0 Å². The van der Waals surface area contributed by atoms with Crippen LogP contribution in [-0.2, 0) is 7.05 Å². The summed E-state index contributed by atoms with van der Waals surface area (Å²) in [5, 5.41) is 7.36. The molecule has 3 rings (SSSR count). The first kappa shape index (κ1) is 9.21. The fraction of sp³-hybridized carbons (Fsp3) is 0.273. The van der Waals surface area contributed by atoms with Crippen LogP contribution in [0.5, 0.6) is 5.88 Å². The molecule has 0 radical (unpaired) electrons. The summed E-state index contributed by atoms with van der Waals surface area (Å²) in [6, 6.07) is 3.96. The summed E-state index contributed by atoms with van der Waals surface area (Å²) in [7, 11) is 1.89. The molecule has 0 saturated carbocycles. The van der Waals surface area contributed by atoms with Crippen molar-refractivity contribution in [3.8, 4) is 17.1 Å². The van der Waals surface area contributed by atoms with Crippen molar-refractivity contribution in [3.05, 3.63) is 24.5 Å². The van der Waals surface area contributed by atoms with E-state index in [1.807, 2.05) is 25.4 Å². The molecular weight excluding hydrogens is 204 g/mol. The molecule has 0 aliphatic carbocycles. The average molecular weight is 216 g/mol. The summed E-state index contributed by atoms with van der Waals surface area (Å²) in [5.74, 6) is 0.674. The predicted octanol–water partition coefficient (Wildman–Crippen LogP) is 1.29. The Morgan fingerprint density at radius 1 is 1.44 bits per heavy atom. The average Bonchev–Trinajstić information content (AvgIpc) is 2.75. The van der Waals surface area contributed by atoms with Crippen molar-refractivity contribution in [3.63, 3.8) is 0 Å². The van der Waals surface area contributed by atoms with Crippen molar-refractivity contribution in [1.29, 1.82) is 0 Å². The van der Waals surface area contributed by atoms with Gasteiger partial charge in [0, 0.05) is 25.4 Å². The molecule has 2 aromatic heterocycles. The number of hydrogen-bond donors (Lipinski definition) is 1. The van der Waals surface area contributed by atoms with Gasteiger partial charge in [0.15, 0.2) is 0 Å². The van der Waals surface area contributed by atoms with E-state index in [0.717, 1.165) is 23.5 Å². The van der Waals surface area contributed by atoms with Gasteiger partial charge in [-0.1, -0.05) is 0 Å². The molecule has 0 unspecified atom stereocenters. The second kappa shape index (κ2) is 3.52. The largest absolute Gasteiger partial charge is 0.474 e. The van der Waals surface area contributed by atoms with Gasteiger partial charge >= 0.3 is 0 Å². The molecule has 5 heteroatoms. The molecular formula is C11H12N4O. The minimum absolute atomic E-state index is 0.663. The first-order valence-electron chi connectivity index (χ1n) is 5.20. The normalized spacial score (nSPS) is 13.8. The van der Waals surface area contributed by atoms with Gasteiger partial charge in [-0.05, 0) is 12.1 Å². The molecule has 0 amide bonds. The summed E-state index contributed by atoms with van der Waals surface area (Å²) in [6.45, 7) is 1.50. The van der Waals surface area contributed by atoms with Gasteiger partial charge in [-0.25, -0.2) is 4.98 Å². The highest BCUT2D eigenvalue weighted by Crippen LogP contribution is 2.28. The van der Waals surface area contributed by atoms with E-state index in [4.69, 9.17) is 4.74 Å². The molecule has 2 aromatic rings. The Hall–Kier alpha value is -2.04. The molecule has 3 heterocycles. The Balaban J connectivity index is 2.02. The molecule has 0 atom stereocenters. The number of ether oxygens (including phenoxy) is 1. The third-order valence-electron chi connectivity index (χ3n) is 2.52. The lowest BCUT2D eigenvalue weighted by molar-refractivity contribution is 0.311. The van der Waals surface area contributed by atoms with E-state index >= 15 is 0 Å². The first-order valence-corrected chi connectivity index (χ1v) is 5.20. The molecule has 1 N–H and O–H groups in total. The van der Waals surface area contributed by atoms with Gasteiger partial charge in [-0.15, -0.1) is 0 Å². The van der Waals surface area contributed by atoms with E-state index in [-0.39, 0.29) is 0 Å². The van der Waals surface area contributed by atoms with Crippen molar-refractivity contribution in [1.82, 2.24) is 14.8 Å². The lowest BCUT2D eigenvalue weighted by atomic mass is 10.2. The molecule has 82 valence electrons. The molecule has 0 saturated heterocycles. The Kier molecular flexibility index (Phi) is 2.02. The minimum atomic E-state index is 0.663. The minimum Gasteiger partial charge on any atom is -0.474 e. The molecule has 16 heavy (non-hydrogen) atoms. The number of pyridine rings is 1. The van der Waals surface area contributed by atoms with Gasteiger partial charge in [0.1, 0.15) is 6.61 Å². The van der Waals surface area contributed by atoms with Gasteiger partial charge in [-0.3, -0.25) is 4.68 Å². The standard InChI is InChI=1S/C11H12N4O/c1-15-7-8(6-13-15)9-2-3-10-11(14-9)16-5-4-12-10/h2-3,6-7,12H,4-5H2,1H3. The van der Waals surface area contributed by atoms with Crippen LogP contribution >= 0.6 is 0 Å². The fourth-order valence-electron chi connectivity index (χ4n) is 1.73. The molecule has 5 nitrogen and oxygen atoms in total. The Morgan fingerprint density at radius 2 is 2.38 bits per heavy atom. The summed E-state index contributed by atoms with van der Waals surface area (Å²) in [4.78, 5) is 4.46. The van der Waals surface area contributed by atoms with E-state index in [1.165, 1.54) is 0 Å². The van der Waals surface area contributed by atoms with Gasteiger partial charge in [0.2, 0.25) is 5.88 Å². The van der Waals surface area contributed by atoms with E-state index < -0.39 is 0 Å². The molecule has 0 spiro atoms. The molecule has 0 aromatic carbocycles. The van der Waals surface area contributed by atoms with Crippen LogP contribution in [0.25, 0.3) is 11.3 Å². The zero-order valence-electron chi connectivity index (χ0n) is 8.97. The molecule has 1 aliphatic heterocycles. The van der Waals surface area contributed by atoms with Crippen molar-refractivity contribution in [2.45, 2.75) is 0 Å². The summed E-state index contributed by atoms with van der Waals surface area (Å²) >= 11 is 0. The molecule has 0 fully saturated rings.